The fourth-order valence-electron chi connectivity index (χ4n) is 3.94. The number of carbonyl (C=O) groups excluding carboxylic acids is 1. The number of hydrogen-bond donors (Lipinski definition) is 3. The molecule has 1 atom stereocenters. The lowest BCUT2D eigenvalue weighted by molar-refractivity contribution is 0.0790. The summed E-state index contributed by atoms with van der Waals surface area (Å²) in [6, 6.07) is 8.63. The number of amides is 1. The lowest BCUT2D eigenvalue weighted by atomic mass is 10.0. The molecular formula is C20H19N5O2. The van der Waals surface area contributed by atoms with E-state index in [0.717, 1.165) is 29.7 Å². The Balaban J connectivity index is 1.60. The van der Waals surface area contributed by atoms with Crippen molar-refractivity contribution < 1.29 is 9.90 Å². The molecule has 1 fully saturated rings. The minimum Gasteiger partial charge on any atom is -0.508 e. The van der Waals surface area contributed by atoms with Gasteiger partial charge in [-0.1, -0.05) is 0 Å². The Morgan fingerprint density at radius 3 is 2.89 bits per heavy atom. The molecule has 1 aromatic carbocycles. The van der Waals surface area contributed by atoms with Gasteiger partial charge in [0.05, 0.1) is 16.6 Å². The summed E-state index contributed by atoms with van der Waals surface area (Å²) in [5.41, 5.74) is 4.76. The van der Waals surface area contributed by atoms with Crippen LogP contribution in [0, 0.1) is 12.8 Å². The van der Waals surface area contributed by atoms with E-state index in [2.05, 4.69) is 20.5 Å². The van der Waals surface area contributed by atoms with Crippen molar-refractivity contribution in [3.05, 3.63) is 53.4 Å². The first kappa shape index (κ1) is 15.9. The highest BCUT2D eigenvalue weighted by molar-refractivity contribution is 6.07. The standard InChI is InChI=1S/C20H19N5O2/c1-11-18-16(20(27)25-9-13-7-21-8-14(13)10-25)6-17(22-19(18)24-23-11)12-2-4-15(26)5-3-12/h2-7,14,21,26H,8-10H2,1H3,(H,22,23,24). The van der Waals surface area contributed by atoms with Crippen molar-refractivity contribution in [2.45, 2.75) is 6.92 Å². The first-order valence-electron chi connectivity index (χ1n) is 8.97. The number of carbonyl (C=O) groups is 1. The molecule has 0 bridgehead atoms. The van der Waals surface area contributed by atoms with E-state index in [1.54, 1.807) is 24.3 Å². The highest BCUT2D eigenvalue weighted by Crippen LogP contribution is 2.31. The molecule has 27 heavy (non-hydrogen) atoms. The van der Waals surface area contributed by atoms with Crippen molar-refractivity contribution in [2.24, 2.45) is 5.92 Å². The summed E-state index contributed by atoms with van der Waals surface area (Å²) in [5, 5.41) is 20.8. The van der Waals surface area contributed by atoms with Crippen molar-refractivity contribution in [3.63, 3.8) is 0 Å². The summed E-state index contributed by atoms with van der Waals surface area (Å²) in [6.07, 6.45) is 2.03. The quantitative estimate of drug-likeness (QED) is 0.651. The lowest BCUT2D eigenvalue weighted by Gasteiger charge is -2.18. The second-order valence-electron chi connectivity index (χ2n) is 7.16. The zero-order valence-corrected chi connectivity index (χ0v) is 14.9. The summed E-state index contributed by atoms with van der Waals surface area (Å²) >= 11 is 0. The lowest BCUT2D eigenvalue weighted by Crippen LogP contribution is -2.30. The third kappa shape index (κ3) is 2.54. The van der Waals surface area contributed by atoms with Crippen molar-refractivity contribution >= 4 is 16.9 Å². The van der Waals surface area contributed by atoms with Gasteiger partial charge in [-0.15, -0.1) is 0 Å². The molecule has 5 rings (SSSR count). The molecule has 2 aromatic heterocycles. The van der Waals surface area contributed by atoms with Gasteiger partial charge >= 0.3 is 0 Å². The van der Waals surface area contributed by atoms with Crippen LogP contribution in [-0.2, 0) is 0 Å². The van der Waals surface area contributed by atoms with Gasteiger partial charge in [-0.05, 0) is 49.0 Å². The van der Waals surface area contributed by atoms with E-state index in [9.17, 15) is 9.90 Å². The first-order valence-corrected chi connectivity index (χ1v) is 8.97. The van der Waals surface area contributed by atoms with E-state index < -0.39 is 0 Å². The third-order valence-corrected chi connectivity index (χ3v) is 5.38. The highest BCUT2D eigenvalue weighted by Gasteiger charge is 2.34. The molecule has 1 amide bonds. The zero-order valence-electron chi connectivity index (χ0n) is 14.9. The number of aromatic amines is 1. The molecule has 0 spiro atoms. The molecule has 1 saturated heterocycles. The van der Waals surface area contributed by atoms with Crippen LogP contribution in [0.25, 0.3) is 22.3 Å². The molecule has 2 aliphatic heterocycles. The van der Waals surface area contributed by atoms with E-state index in [4.69, 9.17) is 0 Å². The normalized spacial score (nSPS) is 18.5. The minimum atomic E-state index is 0.00206. The third-order valence-electron chi connectivity index (χ3n) is 5.38. The number of aromatic nitrogens is 3. The van der Waals surface area contributed by atoms with Crippen LogP contribution in [-0.4, -0.2) is 50.7 Å². The number of H-pyrrole nitrogens is 1. The van der Waals surface area contributed by atoms with Gasteiger partial charge in [-0.25, -0.2) is 4.98 Å². The maximum Gasteiger partial charge on any atom is 0.255 e. The van der Waals surface area contributed by atoms with Crippen LogP contribution >= 0.6 is 0 Å². The number of benzene rings is 1. The summed E-state index contributed by atoms with van der Waals surface area (Å²) in [4.78, 5) is 19.9. The number of hydrogen-bond acceptors (Lipinski definition) is 5. The minimum absolute atomic E-state index is 0.00206. The Labute approximate surface area is 155 Å². The second-order valence-corrected chi connectivity index (χ2v) is 7.16. The van der Waals surface area contributed by atoms with Crippen LogP contribution < -0.4 is 5.32 Å². The van der Waals surface area contributed by atoms with Gasteiger partial charge in [0.25, 0.3) is 5.91 Å². The monoisotopic (exact) mass is 361 g/mol. The molecule has 4 heterocycles. The van der Waals surface area contributed by atoms with Crippen LogP contribution in [0.15, 0.2) is 42.1 Å². The summed E-state index contributed by atoms with van der Waals surface area (Å²) in [7, 11) is 0. The number of nitrogens with one attached hydrogen (secondary N) is 2. The van der Waals surface area contributed by atoms with E-state index in [1.807, 2.05) is 24.1 Å². The number of nitrogens with zero attached hydrogens (tertiary/aromatic N) is 3. The molecule has 3 N–H and O–H groups in total. The van der Waals surface area contributed by atoms with Gasteiger partial charge in [-0.2, -0.15) is 5.10 Å². The summed E-state index contributed by atoms with van der Waals surface area (Å²) in [6.45, 7) is 4.19. The molecule has 2 aliphatic rings. The first-order chi connectivity index (χ1) is 13.1. The smallest absolute Gasteiger partial charge is 0.255 e. The Kier molecular flexibility index (Phi) is 3.43. The van der Waals surface area contributed by atoms with Crippen LogP contribution in [0.1, 0.15) is 16.1 Å². The van der Waals surface area contributed by atoms with Crippen molar-refractivity contribution in [1.29, 1.82) is 0 Å². The Bertz CT molecular complexity index is 1080. The van der Waals surface area contributed by atoms with Crippen molar-refractivity contribution in [1.82, 2.24) is 25.4 Å². The van der Waals surface area contributed by atoms with E-state index in [0.29, 0.717) is 29.4 Å². The van der Waals surface area contributed by atoms with Crippen LogP contribution in [0.5, 0.6) is 5.75 Å². The van der Waals surface area contributed by atoms with Crippen molar-refractivity contribution in [3.8, 4) is 17.0 Å². The number of likely N-dealkylation sites (tertiary alicyclic amines) is 1. The van der Waals surface area contributed by atoms with Gasteiger partial charge in [0.1, 0.15) is 5.75 Å². The molecule has 1 unspecified atom stereocenters. The molecule has 0 radical (unpaired) electrons. The molecular weight excluding hydrogens is 342 g/mol. The molecule has 7 nitrogen and oxygen atoms in total. The number of phenols is 1. The summed E-state index contributed by atoms with van der Waals surface area (Å²) < 4.78 is 0. The van der Waals surface area contributed by atoms with Crippen LogP contribution in [0.3, 0.4) is 0 Å². The molecule has 3 aromatic rings. The molecule has 0 aliphatic carbocycles. The van der Waals surface area contributed by atoms with Gasteiger partial charge in [0.2, 0.25) is 0 Å². The average molecular weight is 361 g/mol. The Morgan fingerprint density at radius 2 is 2.11 bits per heavy atom. The van der Waals surface area contributed by atoms with Gasteiger partial charge in [0, 0.05) is 36.8 Å². The topological polar surface area (TPSA) is 94.1 Å². The van der Waals surface area contributed by atoms with Crippen molar-refractivity contribution in [2.75, 3.05) is 19.6 Å². The highest BCUT2D eigenvalue weighted by atomic mass is 16.3. The number of aromatic hydroxyl groups is 1. The van der Waals surface area contributed by atoms with Crippen LogP contribution in [0.4, 0.5) is 0 Å². The SMILES string of the molecule is Cc1[nH]nc2nc(-c3ccc(O)cc3)cc(C(=O)N3CC4=CNCC4C3)c12. The van der Waals surface area contributed by atoms with Gasteiger partial charge in [-0.3, -0.25) is 9.89 Å². The molecule has 0 saturated carbocycles. The molecule has 7 heteroatoms. The van der Waals surface area contributed by atoms with Gasteiger partial charge in [0.15, 0.2) is 5.65 Å². The van der Waals surface area contributed by atoms with E-state index >= 15 is 0 Å². The second kappa shape index (κ2) is 5.84. The Hall–Kier alpha value is -3.35. The van der Waals surface area contributed by atoms with Gasteiger partial charge < -0.3 is 15.3 Å². The summed E-state index contributed by atoms with van der Waals surface area (Å²) in [5.74, 6) is 0.604. The number of rotatable bonds is 2. The van der Waals surface area contributed by atoms with Crippen LogP contribution in [0.2, 0.25) is 0 Å². The average Bonchev–Trinajstić information content (AvgIpc) is 3.36. The van der Waals surface area contributed by atoms with E-state index in [-0.39, 0.29) is 11.7 Å². The largest absolute Gasteiger partial charge is 0.508 e. The fourth-order valence-corrected chi connectivity index (χ4v) is 3.94. The zero-order chi connectivity index (χ0) is 18.5. The predicted octanol–water partition coefficient (Wildman–Crippen LogP) is 2.20. The number of aryl methyl sites for hydroxylation is 1. The predicted molar refractivity (Wildman–Crippen MR) is 101 cm³/mol. The fraction of sp³-hybridized carbons (Fsp3) is 0.250. The maximum atomic E-state index is 13.3. The number of fused-ring (bicyclic) bond motifs is 2. The Morgan fingerprint density at radius 1 is 1.30 bits per heavy atom. The van der Waals surface area contributed by atoms with E-state index in [1.165, 1.54) is 5.57 Å². The number of phenolic OH excluding ortho intramolecular Hbond substituents is 1. The maximum absolute atomic E-state index is 13.3. The molecule has 136 valence electrons. The number of pyridine rings is 1.